The molecule has 0 saturated heterocycles. The molecule has 0 radical (unpaired) electrons. The molecule has 5 saturated carbocycles. The molecule has 2 N–H and O–H groups in total. The van der Waals surface area contributed by atoms with Crippen molar-refractivity contribution in [3.05, 3.63) is 0 Å². The highest BCUT2D eigenvalue weighted by atomic mass is 16.5. The lowest BCUT2D eigenvalue weighted by atomic mass is 9.42. The standard InChI is InChI=1S/C25H42O3/c1-16(26)20-8-9-21-19-7-6-18-14-24(27,15-28-3)12-13-25(18,17-4-5-17)22(19)10-11-23(20,21)2/h16-22,26-27H,4-15H2,1-3H3/t16-,18?,19-,20+,21-,22-,23+,24+,25+/m0/s1. The first kappa shape index (κ1) is 19.8. The SMILES string of the molecule is COC[C@@]1(O)CC[C@@]2(C3CC3)C(CC[C@@H]3[C@@H]2CC[C@]2(C)[C@@H]([C@H](C)O)CC[C@@H]32)C1. The minimum atomic E-state index is -0.585. The summed E-state index contributed by atoms with van der Waals surface area (Å²) in [5.41, 5.74) is 0.282. The number of hydrogen-bond acceptors (Lipinski definition) is 3. The van der Waals surface area contributed by atoms with Crippen molar-refractivity contribution in [3.8, 4) is 0 Å². The lowest BCUT2D eigenvalue weighted by Crippen LogP contribution is -2.58. The van der Waals surface area contributed by atoms with Crippen LogP contribution in [0.25, 0.3) is 0 Å². The van der Waals surface area contributed by atoms with Crippen molar-refractivity contribution in [1.29, 1.82) is 0 Å². The number of aliphatic hydroxyl groups is 2. The van der Waals surface area contributed by atoms with Crippen LogP contribution in [-0.4, -0.2) is 35.6 Å². The maximum atomic E-state index is 11.2. The van der Waals surface area contributed by atoms with Gasteiger partial charge in [-0.3, -0.25) is 0 Å². The molecule has 3 heteroatoms. The van der Waals surface area contributed by atoms with Gasteiger partial charge in [0.15, 0.2) is 0 Å². The van der Waals surface area contributed by atoms with Gasteiger partial charge in [-0.1, -0.05) is 6.92 Å². The van der Waals surface area contributed by atoms with E-state index in [9.17, 15) is 10.2 Å². The second-order valence-corrected chi connectivity index (χ2v) is 11.9. The van der Waals surface area contributed by atoms with E-state index in [0.717, 1.165) is 36.5 Å². The summed E-state index contributed by atoms with van der Waals surface area (Å²) >= 11 is 0. The maximum Gasteiger partial charge on any atom is 0.0883 e. The number of hydrogen-bond donors (Lipinski definition) is 2. The van der Waals surface area contributed by atoms with Gasteiger partial charge in [-0.25, -0.2) is 0 Å². The van der Waals surface area contributed by atoms with E-state index in [0.29, 0.717) is 29.3 Å². The van der Waals surface area contributed by atoms with E-state index >= 15 is 0 Å². The third-order valence-electron chi connectivity index (χ3n) is 10.8. The third kappa shape index (κ3) is 2.71. The second kappa shape index (κ2) is 6.69. The molecule has 0 aromatic heterocycles. The highest BCUT2D eigenvalue weighted by Gasteiger charge is 2.66. The monoisotopic (exact) mass is 390 g/mol. The lowest BCUT2D eigenvalue weighted by molar-refractivity contribution is -0.180. The molecule has 0 aromatic rings. The molecule has 3 nitrogen and oxygen atoms in total. The van der Waals surface area contributed by atoms with Gasteiger partial charge in [0.05, 0.1) is 18.3 Å². The van der Waals surface area contributed by atoms with Gasteiger partial charge in [-0.05, 0) is 124 Å². The molecule has 5 fully saturated rings. The van der Waals surface area contributed by atoms with Gasteiger partial charge in [0.1, 0.15) is 0 Å². The summed E-state index contributed by atoms with van der Waals surface area (Å²) in [5, 5.41) is 21.6. The van der Waals surface area contributed by atoms with E-state index in [1.165, 1.54) is 57.8 Å². The molecule has 0 heterocycles. The Hall–Kier alpha value is -0.120. The molecule has 0 aliphatic heterocycles. The molecule has 0 spiro atoms. The van der Waals surface area contributed by atoms with Gasteiger partial charge in [-0.2, -0.15) is 0 Å². The molecule has 5 aliphatic rings. The molecule has 9 atom stereocenters. The minimum absolute atomic E-state index is 0.154. The number of aliphatic hydroxyl groups excluding tert-OH is 1. The molecule has 0 amide bonds. The van der Waals surface area contributed by atoms with Crippen LogP contribution in [0.4, 0.5) is 0 Å². The molecule has 1 unspecified atom stereocenters. The summed E-state index contributed by atoms with van der Waals surface area (Å²) < 4.78 is 5.41. The molecular weight excluding hydrogens is 348 g/mol. The highest BCUT2D eigenvalue weighted by molar-refractivity contribution is 5.15. The predicted octanol–water partition coefficient (Wildman–Crippen LogP) is 4.79. The Bertz CT molecular complexity index is 601. The topological polar surface area (TPSA) is 49.7 Å². The Morgan fingerprint density at radius 2 is 1.68 bits per heavy atom. The Balaban J connectivity index is 1.44. The van der Waals surface area contributed by atoms with Crippen molar-refractivity contribution >= 4 is 0 Å². The summed E-state index contributed by atoms with van der Waals surface area (Å²) in [6.45, 7) is 5.06. The Morgan fingerprint density at radius 1 is 0.929 bits per heavy atom. The van der Waals surface area contributed by atoms with Crippen LogP contribution in [0, 0.1) is 46.3 Å². The molecular formula is C25H42O3. The van der Waals surface area contributed by atoms with Gasteiger partial charge in [0.25, 0.3) is 0 Å². The van der Waals surface area contributed by atoms with E-state index < -0.39 is 5.60 Å². The molecule has 160 valence electrons. The van der Waals surface area contributed by atoms with Crippen molar-refractivity contribution in [3.63, 3.8) is 0 Å². The number of ether oxygens (including phenoxy) is 1. The summed E-state index contributed by atoms with van der Waals surface area (Å²) in [4.78, 5) is 0. The number of fused-ring (bicyclic) bond motifs is 5. The van der Waals surface area contributed by atoms with Crippen LogP contribution in [0.1, 0.15) is 84.5 Å². The molecule has 28 heavy (non-hydrogen) atoms. The van der Waals surface area contributed by atoms with Crippen molar-refractivity contribution in [2.75, 3.05) is 13.7 Å². The van der Waals surface area contributed by atoms with E-state index in [4.69, 9.17) is 4.74 Å². The van der Waals surface area contributed by atoms with E-state index in [2.05, 4.69) is 6.92 Å². The number of methoxy groups -OCH3 is 1. The van der Waals surface area contributed by atoms with Crippen LogP contribution in [0.5, 0.6) is 0 Å². The van der Waals surface area contributed by atoms with Crippen LogP contribution >= 0.6 is 0 Å². The first-order valence-electron chi connectivity index (χ1n) is 12.2. The third-order valence-corrected chi connectivity index (χ3v) is 10.8. The van der Waals surface area contributed by atoms with Crippen molar-refractivity contribution in [2.24, 2.45) is 46.3 Å². The van der Waals surface area contributed by atoms with Gasteiger partial charge in [-0.15, -0.1) is 0 Å². The van der Waals surface area contributed by atoms with Crippen molar-refractivity contribution < 1.29 is 14.9 Å². The smallest absolute Gasteiger partial charge is 0.0883 e. The first-order valence-corrected chi connectivity index (χ1v) is 12.2. The molecule has 5 aliphatic carbocycles. The average molecular weight is 391 g/mol. The average Bonchev–Trinajstić information content (AvgIpc) is 3.43. The summed E-state index contributed by atoms with van der Waals surface area (Å²) in [5.74, 6) is 4.70. The van der Waals surface area contributed by atoms with Crippen LogP contribution < -0.4 is 0 Å². The largest absolute Gasteiger partial charge is 0.393 e. The van der Waals surface area contributed by atoms with Crippen LogP contribution in [0.2, 0.25) is 0 Å². The Kier molecular flexibility index (Phi) is 4.73. The van der Waals surface area contributed by atoms with E-state index in [-0.39, 0.29) is 6.10 Å². The predicted molar refractivity (Wildman–Crippen MR) is 111 cm³/mol. The summed E-state index contributed by atoms with van der Waals surface area (Å²) in [6.07, 6.45) is 13.8. The van der Waals surface area contributed by atoms with Gasteiger partial charge in [0.2, 0.25) is 0 Å². The van der Waals surface area contributed by atoms with E-state index in [1.54, 1.807) is 7.11 Å². The Morgan fingerprint density at radius 3 is 2.36 bits per heavy atom. The van der Waals surface area contributed by atoms with Gasteiger partial charge < -0.3 is 14.9 Å². The zero-order chi connectivity index (χ0) is 19.7. The fourth-order valence-electron chi connectivity index (χ4n) is 9.71. The van der Waals surface area contributed by atoms with Crippen LogP contribution in [0.3, 0.4) is 0 Å². The molecule has 0 aromatic carbocycles. The zero-order valence-electron chi connectivity index (χ0n) is 18.3. The molecule has 0 bridgehead atoms. The Labute approximate surface area is 171 Å². The van der Waals surface area contributed by atoms with Crippen LogP contribution in [-0.2, 0) is 4.74 Å². The summed E-state index contributed by atoms with van der Waals surface area (Å²) in [6, 6.07) is 0. The number of rotatable bonds is 4. The zero-order valence-corrected chi connectivity index (χ0v) is 18.3. The van der Waals surface area contributed by atoms with Gasteiger partial charge >= 0.3 is 0 Å². The fourth-order valence-corrected chi connectivity index (χ4v) is 9.71. The maximum absolute atomic E-state index is 11.2. The molecule has 5 rings (SSSR count). The quantitative estimate of drug-likeness (QED) is 0.725. The first-order chi connectivity index (χ1) is 13.3. The highest BCUT2D eigenvalue weighted by Crippen LogP contribution is 2.72. The van der Waals surface area contributed by atoms with Crippen molar-refractivity contribution in [1.82, 2.24) is 0 Å². The van der Waals surface area contributed by atoms with E-state index in [1.807, 2.05) is 6.92 Å². The summed E-state index contributed by atoms with van der Waals surface area (Å²) in [7, 11) is 1.73. The van der Waals surface area contributed by atoms with Crippen LogP contribution in [0.15, 0.2) is 0 Å². The second-order valence-electron chi connectivity index (χ2n) is 11.9. The minimum Gasteiger partial charge on any atom is -0.393 e. The van der Waals surface area contributed by atoms with Gasteiger partial charge in [0, 0.05) is 7.11 Å². The lowest BCUT2D eigenvalue weighted by Gasteiger charge is -2.63. The van der Waals surface area contributed by atoms with Crippen molar-refractivity contribution in [2.45, 2.75) is 96.2 Å². The normalized spacial score (nSPS) is 54.5. The fraction of sp³-hybridized carbons (Fsp3) is 1.00.